The number of hydrogen-bond donors (Lipinski definition) is 1. The topological polar surface area (TPSA) is 39.1 Å². The number of rotatable bonds is 3. The second kappa shape index (κ2) is 6.21. The van der Waals surface area contributed by atoms with Crippen LogP contribution in [0, 0.1) is 17.2 Å². The number of piperidine rings is 1. The van der Waals surface area contributed by atoms with E-state index in [9.17, 15) is 0 Å². The summed E-state index contributed by atoms with van der Waals surface area (Å²) in [6, 6.07) is 8.03. The van der Waals surface area contributed by atoms with Crippen LogP contribution < -0.4 is 5.32 Å². The first kappa shape index (κ1) is 13.4. The smallest absolute Gasteiger partial charge is 0.101 e. The lowest BCUT2D eigenvalue weighted by molar-refractivity contribution is 0.226. The van der Waals surface area contributed by atoms with Gasteiger partial charge in [0, 0.05) is 11.0 Å². The van der Waals surface area contributed by atoms with Gasteiger partial charge in [0.2, 0.25) is 0 Å². The van der Waals surface area contributed by atoms with E-state index >= 15 is 0 Å². The van der Waals surface area contributed by atoms with Gasteiger partial charge in [-0.2, -0.15) is 5.26 Å². The van der Waals surface area contributed by atoms with Gasteiger partial charge in [-0.05, 0) is 57.1 Å². The predicted molar refractivity (Wildman–Crippen MR) is 77.6 cm³/mol. The molecule has 0 atom stereocenters. The van der Waals surface area contributed by atoms with E-state index in [1.54, 1.807) is 0 Å². The molecule has 2 rings (SSSR count). The molecule has 1 aromatic rings. The normalized spacial score (nSPS) is 17.4. The molecule has 1 heterocycles. The molecule has 0 aromatic heterocycles. The summed E-state index contributed by atoms with van der Waals surface area (Å²) in [6.07, 6.45) is 2.48. The Kier molecular flexibility index (Phi) is 4.62. The first-order valence-electron chi connectivity index (χ1n) is 6.31. The Labute approximate surface area is 117 Å². The molecule has 1 saturated heterocycles. The van der Waals surface area contributed by atoms with Crippen molar-refractivity contribution < 1.29 is 0 Å². The third-order valence-corrected chi connectivity index (χ3v) is 4.01. The van der Waals surface area contributed by atoms with Crippen molar-refractivity contribution in [1.29, 1.82) is 5.26 Å². The summed E-state index contributed by atoms with van der Waals surface area (Å²) in [6.45, 7) is 3.32. The number of benzene rings is 1. The van der Waals surface area contributed by atoms with E-state index in [1.807, 2.05) is 18.2 Å². The zero-order valence-corrected chi connectivity index (χ0v) is 12.2. The Hall–Kier alpha value is -1.05. The van der Waals surface area contributed by atoms with Gasteiger partial charge >= 0.3 is 0 Å². The predicted octanol–water partition coefficient (Wildman–Crippen LogP) is 3.07. The third-order valence-electron chi connectivity index (χ3n) is 3.52. The van der Waals surface area contributed by atoms with E-state index in [-0.39, 0.29) is 0 Å². The number of hydrogen-bond acceptors (Lipinski definition) is 3. The zero-order valence-electron chi connectivity index (χ0n) is 10.6. The third kappa shape index (κ3) is 3.47. The number of nitriles is 1. The average molecular weight is 308 g/mol. The van der Waals surface area contributed by atoms with Gasteiger partial charge in [-0.15, -0.1) is 0 Å². The fourth-order valence-electron chi connectivity index (χ4n) is 2.28. The molecule has 1 aromatic carbocycles. The van der Waals surface area contributed by atoms with Crippen molar-refractivity contribution >= 4 is 21.6 Å². The van der Waals surface area contributed by atoms with Crippen LogP contribution in [0.3, 0.4) is 0 Å². The number of nitrogens with one attached hydrogen (secondary N) is 1. The minimum absolute atomic E-state index is 0.706. The molecule has 3 nitrogen and oxygen atoms in total. The summed E-state index contributed by atoms with van der Waals surface area (Å²) >= 11 is 3.39. The summed E-state index contributed by atoms with van der Waals surface area (Å²) in [4.78, 5) is 2.37. The summed E-state index contributed by atoms with van der Waals surface area (Å²) in [7, 11) is 2.17. The van der Waals surface area contributed by atoms with Crippen molar-refractivity contribution in [1.82, 2.24) is 4.90 Å². The van der Waals surface area contributed by atoms with Gasteiger partial charge in [0.25, 0.3) is 0 Å². The van der Waals surface area contributed by atoms with Crippen LogP contribution in [0.1, 0.15) is 18.4 Å². The lowest BCUT2D eigenvalue weighted by atomic mass is 9.97. The highest BCUT2D eigenvalue weighted by atomic mass is 79.9. The molecule has 1 aliphatic heterocycles. The van der Waals surface area contributed by atoms with Crippen molar-refractivity contribution in [2.45, 2.75) is 12.8 Å². The monoisotopic (exact) mass is 307 g/mol. The molecule has 1 aliphatic rings. The number of anilines is 1. The lowest BCUT2D eigenvalue weighted by Gasteiger charge is -2.29. The van der Waals surface area contributed by atoms with Crippen molar-refractivity contribution in [2.24, 2.45) is 5.92 Å². The van der Waals surface area contributed by atoms with E-state index in [1.165, 1.54) is 25.9 Å². The van der Waals surface area contributed by atoms with Crippen LogP contribution >= 0.6 is 15.9 Å². The highest BCUT2D eigenvalue weighted by molar-refractivity contribution is 9.10. The Morgan fingerprint density at radius 1 is 1.44 bits per heavy atom. The highest BCUT2D eigenvalue weighted by Crippen LogP contribution is 2.22. The molecule has 0 radical (unpaired) electrons. The van der Waals surface area contributed by atoms with Crippen LogP contribution in [-0.2, 0) is 0 Å². The molecule has 0 aliphatic carbocycles. The molecular weight excluding hydrogens is 290 g/mol. The van der Waals surface area contributed by atoms with Gasteiger partial charge < -0.3 is 10.2 Å². The van der Waals surface area contributed by atoms with Crippen LogP contribution in [0.15, 0.2) is 22.7 Å². The van der Waals surface area contributed by atoms with E-state index in [0.717, 1.165) is 22.6 Å². The van der Waals surface area contributed by atoms with Crippen LogP contribution in [0.5, 0.6) is 0 Å². The number of likely N-dealkylation sites (tertiary alicyclic amines) is 1. The number of nitrogens with zero attached hydrogens (tertiary/aromatic N) is 2. The molecule has 0 amide bonds. The molecule has 1 N–H and O–H groups in total. The molecule has 0 saturated carbocycles. The van der Waals surface area contributed by atoms with Crippen LogP contribution in [0.4, 0.5) is 5.69 Å². The molecule has 1 fully saturated rings. The minimum Gasteiger partial charge on any atom is -0.384 e. The maximum Gasteiger partial charge on any atom is 0.101 e. The minimum atomic E-state index is 0.706. The fraction of sp³-hybridized carbons (Fsp3) is 0.500. The van der Waals surface area contributed by atoms with Crippen molar-refractivity contribution in [2.75, 3.05) is 32.0 Å². The second-order valence-corrected chi connectivity index (χ2v) is 5.84. The summed E-state index contributed by atoms with van der Waals surface area (Å²) < 4.78 is 0.948. The molecule has 0 spiro atoms. The van der Waals surface area contributed by atoms with Gasteiger partial charge in [0.1, 0.15) is 6.07 Å². The summed E-state index contributed by atoms with van der Waals surface area (Å²) in [5.74, 6) is 0.719. The Bertz CT molecular complexity index is 445. The maximum atomic E-state index is 9.10. The first-order chi connectivity index (χ1) is 8.69. The lowest BCUT2D eigenvalue weighted by Crippen LogP contribution is -2.33. The van der Waals surface area contributed by atoms with E-state index in [0.29, 0.717) is 5.56 Å². The molecule has 4 heteroatoms. The van der Waals surface area contributed by atoms with Gasteiger partial charge in [-0.3, -0.25) is 0 Å². The van der Waals surface area contributed by atoms with E-state index in [4.69, 9.17) is 5.26 Å². The Balaban J connectivity index is 1.92. The Morgan fingerprint density at radius 3 is 2.83 bits per heavy atom. The van der Waals surface area contributed by atoms with Gasteiger partial charge in [0.05, 0.1) is 11.3 Å². The largest absolute Gasteiger partial charge is 0.384 e. The van der Waals surface area contributed by atoms with Crippen molar-refractivity contribution in [3.05, 3.63) is 28.2 Å². The van der Waals surface area contributed by atoms with E-state index in [2.05, 4.69) is 39.3 Å². The molecular formula is C14H18BrN3. The quantitative estimate of drug-likeness (QED) is 0.933. The fourth-order valence-corrected chi connectivity index (χ4v) is 2.64. The summed E-state index contributed by atoms with van der Waals surface area (Å²) in [5, 5.41) is 12.5. The second-order valence-electron chi connectivity index (χ2n) is 4.93. The first-order valence-corrected chi connectivity index (χ1v) is 7.10. The highest BCUT2D eigenvalue weighted by Gasteiger charge is 2.16. The molecule has 0 unspecified atom stereocenters. The van der Waals surface area contributed by atoms with Gasteiger partial charge in [0.15, 0.2) is 0 Å². The molecule has 18 heavy (non-hydrogen) atoms. The average Bonchev–Trinajstić information content (AvgIpc) is 2.39. The van der Waals surface area contributed by atoms with Crippen molar-refractivity contribution in [3.63, 3.8) is 0 Å². The maximum absolute atomic E-state index is 9.10. The zero-order chi connectivity index (χ0) is 13.0. The Morgan fingerprint density at radius 2 is 2.17 bits per heavy atom. The SMILES string of the molecule is CN1CCC(CNc2ccc(Br)cc2C#N)CC1. The standard InChI is InChI=1S/C14H18BrN3/c1-18-6-4-11(5-7-18)10-17-14-3-2-13(15)8-12(14)9-16/h2-3,8,11,17H,4-7,10H2,1H3. The number of halogens is 1. The van der Waals surface area contributed by atoms with Gasteiger partial charge in [-0.1, -0.05) is 15.9 Å². The van der Waals surface area contributed by atoms with Gasteiger partial charge in [-0.25, -0.2) is 0 Å². The van der Waals surface area contributed by atoms with Crippen LogP contribution in [0.2, 0.25) is 0 Å². The van der Waals surface area contributed by atoms with Crippen LogP contribution in [0.25, 0.3) is 0 Å². The van der Waals surface area contributed by atoms with Crippen LogP contribution in [-0.4, -0.2) is 31.6 Å². The van der Waals surface area contributed by atoms with E-state index < -0.39 is 0 Å². The van der Waals surface area contributed by atoms with Crippen molar-refractivity contribution in [3.8, 4) is 6.07 Å². The summed E-state index contributed by atoms with van der Waals surface area (Å²) in [5.41, 5.74) is 1.65. The molecule has 0 bridgehead atoms. The molecule has 96 valence electrons.